The average Bonchev–Trinajstić information content (AvgIpc) is 3.11. The fraction of sp³-hybridized carbons (Fsp3) is 0.158. The largest absolute Gasteiger partial charge is 0.399 e. The number of hydrogen-bond donors (Lipinski definition) is 4. The molecule has 4 aromatic carbocycles. The van der Waals surface area contributed by atoms with Gasteiger partial charge in [-0.2, -0.15) is 0 Å². The van der Waals surface area contributed by atoms with Crippen LogP contribution in [0.2, 0.25) is 5.15 Å². The van der Waals surface area contributed by atoms with Gasteiger partial charge in [-0.05, 0) is 46.5 Å². The molecule has 6 aromatic rings. The number of nitrogens with two attached hydrogens (primary N) is 1. The lowest BCUT2D eigenvalue weighted by Crippen LogP contribution is -2.02. The Morgan fingerprint density at radius 3 is 1.66 bits per heavy atom. The molecule has 276 valence electrons. The Kier molecular flexibility index (Phi) is 14.5. The van der Waals surface area contributed by atoms with Gasteiger partial charge in [-0.15, -0.1) is 0 Å². The number of aromatic nitrogens is 4. The van der Waals surface area contributed by atoms with Crippen LogP contribution in [0.1, 0.15) is 22.3 Å². The minimum absolute atomic E-state index is 0.0125. The van der Waals surface area contributed by atoms with E-state index in [1.807, 2.05) is 54.6 Å². The van der Waals surface area contributed by atoms with Gasteiger partial charge in [0.25, 0.3) is 0 Å². The van der Waals surface area contributed by atoms with Crippen molar-refractivity contribution < 1.29 is 27.0 Å². The molecular formula is C38H39ClN6O6S2. The van der Waals surface area contributed by atoms with E-state index < -0.39 is 19.7 Å². The Balaban J connectivity index is 0.000000196. The Labute approximate surface area is 314 Å². The molecule has 0 spiro atoms. The van der Waals surface area contributed by atoms with Crippen molar-refractivity contribution in [3.05, 3.63) is 149 Å². The van der Waals surface area contributed by atoms with Gasteiger partial charge in [-0.1, -0.05) is 84.4 Å². The number of nitrogens with one attached hydrogen (secondary N) is 1. The van der Waals surface area contributed by atoms with Crippen molar-refractivity contribution in [1.82, 2.24) is 19.9 Å². The molecule has 0 bridgehead atoms. The third-order valence-electron chi connectivity index (χ3n) is 7.24. The van der Waals surface area contributed by atoms with Crippen molar-refractivity contribution in [2.24, 2.45) is 0 Å². The third kappa shape index (κ3) is 13.7. The van der Waals surface area contributed by atoms with Crippen LogP contribution >= 0.6 is 11.6 Å². The Hall–Kier alpha value is -5.25. The molecule has 0 amide bonds. The summed E-state index contributed by atoms with van der Waals surface area (Å²) in [6.45, 7) is -0.0890. The Morgan fingerprint density at radius 2 is 1.13 bits per heavy atom. The average molecular weight is 775 g/mol. The molecule has 0 fully saturated rings. The van der Waals surface area contributed by atoms with Crippen molar-refractivity contribution in [2.75, 3.05) is 23.6 Å². The van der Waals surface area contributed by atoms with Crippen LogP contribution < -0.4 is 11.1 Å². The van der Waals surface area contributed by atoms with Crippen molar-refractivity contribution >= 4 is 48.5 Å². The van der Waals surface area contributed by atoms with Gasteiger partial charge < -0.3 is 21.3 Å². The summed E-state index contributed by atoms with van der Waals surface area (Å²) < 4.78 is 44.7. The second kappa shape index (κ2) is 19.0. The van der Waals surface area contributed by atoms with Crippen LogP contribution in [-0.2, 0) is 44.4 Å². The SMILES string of the molecule is CS(=O)(=O)Cc1cccc(N)c1.CS(=O)(=O)Cc1cccc(Nc2cc(-c3ccccc3CO)ncn2)c1.OCc1ccccc1-c1cc(Cl)ncn1. The molecular weight excluding hydrogens is 736 g/mol. The lowest BCUT2D eigenvalue weighted by Gasteiger charge is -2.10. The maximum absolute atomic E-state index is 11.5. The second-order valence-electron chi connectivity index (χ2n) is 11.9. The maximum Gasteiger partial charge on any atom is 0.151 e. The minimum atomic E-state index is -3.09. The van der Waals surface area contributed by atoms with Crippen molar-refractivity contribution in [1.29, 1.82) is 0 Å². The first kappa shape index (κ1) is 40.5. The number of rotatable bonds is 10. The quantitative estimate of drug-likeness (QED) is 0.0933. The van der Waals surface area contributed by atoms with Crippen molar-refractivity contribution in [3.8, 4) is 22.5 Å². The Morgan fingerprint density at radius 1 is 0.623 bits per heavy atom. The minimum Gasteiger partial charge on any atom is -0.399 e. The van der Waals surface area contributed by atoms with Crippen LogP contribution in [0, 0.1) is 0 Å². The number of aliphatic hydroxyl groups excluding tert-OH is 2. The van der Waals surface area contributed by atoms with Gasteiger partial charge >= 0.3 is 0 Å². The zero-order chi connectivity index (χ0) is 38.4. The van der Waals surface area contributed by atoms with Crippen LogP contribution in [0.5, 0.6) is 0 Å². The van der Waals surface area contributed by atoms with Crippen molar-refractivity contribution in [3.63, 3.8) is 0 Å². The van der Waals surface area contributed by atoms with E-state index in [9.17, 15) is 27.0 Å². The summed E-state index contributed by atoms with van der Waals surface area (Å²) in [7, 11) is -6.04. The van der Waals surface area contributed by atoms with Gasteiger partial charge in [-0.3, -0.25) is 0 Å². The summed E-state index contributed by atoms with van der Waals surface area (Å²) in [6, 6.07) is 32.6. The molecule has 2 heterocycles. The van der Waals surface area contributed by atoms with Gasteiger partial charge in [0.1, 0.15) is 23.6 Å². The molecule has 5 N–H and O–H groups in total. The fourth-order valence-electron chi connectivity index (χ4n) is 5.05. The molecule has 0 aliphatic heterocycles. The molecule has 2 aromatic heterocycles. The molecule has 0 aliphatic rings. The smallest absolute Gasteiger partial charge is 0.151 e. The molecule has 0 saturated carbocycles. The topological polar surface area (TPSA) is 198 Å². The zero-order valence-electron chi connectivity index (χ0n) is 29.0. The first-order valence-corrected chi connectivity index (χ1v) is 20.5. The van der Waals surface area contributed by atoms with E-state index in [1.54, 1.807) is 54.6 Å². The van der Waals surface area contributed by atoms with E-state index >= 15 is 0 Å². The molecule has 53 heavy (non-hydrogen) atoms. The summed E-state index contributed by atoms with van der Waals surface area (Å²) in [6.07, 6.45) is 5.27. The summed E-state index contributed by atoms with van der Waals surface area (Å²) in [5.74, 6) is 0.624. The molecule has 12 nitrogen and oxygen atoms in total. The summed E-state index contributed by atoms with van der Waals surface area (Å²) in [5.41, 5.74) is 13.0. The highest BCUT2D eigenvalue weighted by molar-refractivity contribution is 7.90. The maximum atomic E-state index is 11.5. The number of nitrogens with zero attached hydrogens (tertiary/aromatic N) is 4. The van der Waals surface area contributed by atoms with Crippen LogP contribution in [0.15, 0.2) is 122 Å². The first-order chi connectivity index (χ1) is 25.2. The third-order valence-corrected chi connectivity index (χ3v) is 9.16. The molecule has 0 aliphatic carbocycles. The van der Waals surface area contributed by atoms with E-state index in [0.29, 0.717) is 27.9 Å². The molecule has 15 heteroatoms. The normalized spacial score (nSPS) is 11.0. The monoisotopic (exact) mass is 774 g/mol. The second-order valence-corrected chi connectivity index (χ2v) is 16.5. The van der Waals surface area contributed by atoms with E-state index in [2.05, 4.69) is 25.3 Å². The molecule has 0 saturated heterocycles. The highest BCUT2D eigenvalue weighted by Crippen LogP contribution is 2.25. The summed E-state index contributed by atoms with van der Waals surface area (Å²) in [5, 5.41) is 22.2. The number of hydrogen-bond acceptors (Lipinski definition) is 12. The first-order valence-electron chi connectivity index (χ1n) is 16.0. The molecule has 0 atom stereocenters. The summed E-state index contributed by atoms with van der Waals surface area (Å²) >= 11 is 5.78. The fourth-order valence-corrected chi connectivity index (χ4v) is 6.76. The standard InChI is InChI=1S/C19H19N3O3S.C11H9ClN2O.C8H11NO2S/c1-26(24,25)12-14-5-4-7-16(9-14)22-19-10-18(20-13-21-19)17-8-3-2-6-15(17)11-23;12-11-5-10(13-7-14-11)9-4-2-1-3-8(9)6-15;1-12(10,11)6-7-3-2-4-8(9)5-7/h2-10,13,23H,11-12H2,1H3,(H,20,21,22);1-5,7,15H,6H2;2-5H,6,9H2,1H3. The highest BCUT2D eigenvalue weighted by Gasteiger charge is 2.09. The number of benzene rings is 4. The molecule has 6 rings (SSSR count). The van der Waals surface area contributed by atoms with Gasteiger partial charge in [0, 0.05) is 47.1 Å². The van der Waals surface area contributed by atoms with Crippen LogP contribution in [0.3, 0.4) is 0 Å². The molecule has 0 radical (unpaired) electrons. The van der Waals surface area contributed by atoms with Crippen LogP contribution in [-0.4, -0.2) is 59.5 Å². The van der Waals surface area contributed by atoms with E-state index in [-0.39, 0.29) is 24.7 Å². The van der Waals surface area contributed by atoms with Crippen molar-refractivity contribution in [2.45, 2.75) is 24.7 Å². The number of halogens is 1. The molecule has 0 unspecified atom stereocenters. The zero-order valence-corrected chi connectivity index (χ0v) is 31.4. The summed E-state index contributed by atoms with van der Waals surface area (Å²) in [4.78, 5) is 16.4. The van der Waals surface area contributed by atoms with Gasteiger partial charge in [0.2, 0.25) is 0 Å². The Bertz CT molecular complexity index is 2360. The van der Waals surface area contributed by atoms with E-state index in [0.717, 1.165) is 39.2 Å². The predicted octanol–water partition coefficient (Wildman–Crippen LogP) is 6.03. The van der Waals surface area contributed by atoms with Gasteiger partial charge in [-0.25, -0.2) is 36.8 Å². The van der Waals surface area contributed by atoms with E-state index in [4.69, 9.17) is 17.3 Å². The van der Waals surface area contributed by atoms with Gasteiger partial charge in [0.15, 0.2) is 19.7 Å². The number of aliphatic hydroxyl groups is 2. The lowest BCUT2D eigenvalue weighted by molar-refractivity contribution is 0.282. The number of nitrogen functional groups attached to an aromatic ring is 1. The number of sulfone groups is 2. The lowest BCUT2D eigenvalue weighted by atomic mass is 10.0. The number of anilines is 3. The van der Waals surface area contributed by atoms with Gasteiger partial charge in [0.05, 0.1) is 36.1 Å². The van der Waals surface area contributed by atoms with E-state index in [1.165, 1.54) is 25.2 Å². The van der Waals surface area contributed by atoms with Crippen LogP contribution in [0.25, 0.3) is 22.5 Å². The van der Waals surface area contributed by atoms with Crippen LogP contribution in [0.4, 0.5) is 17.2 Å². The predicted molar refractivity (Wildman–Crippen MR) is 209 cm³/mol. The highest BCUT2D eigenvalue weighted by atomic mass is 35.5.